The molecule has 122 valence electrons. The van der Waals surface area contributed by atoms with E-state index in [1.165, 1.54) is 19.1 Å². The van der Waals surface area contributed by atoms with Crippen LogP contribution in [0.25, 0.3) is 0 Å². The molecule has 0 bridgehead atoms. The second kappa shape index (κ2) is 6.72. The predicted octanol–water partition coefficient (Wildman–Crippen LogP) is 0.362. The summed E-state index contributed by atoms with van der Waals surface area (Å²) in [7, 11) is -3.67. The van der Waals surface area contributed by atoms with Crippen molar-refractivity contribution in [2.45, 2.75) is 30.7 Å². The van der Waals surface area contributed by atoms with Gasteiger partial charge in [-0.15, -0.1) is 0 Å². The van der Waals surface area contributed by atoms with E-state index in [1.807, 2.05) is 4.90 Å². The number of carbonyl (C=O) groups excluding carboxylic acids is 1. The van der Waals surface area contributed by atoms with Gasteiger partial charge in [-0.05, 0) is 43.5 Å². The number of nitrogens with zero attached hydrogens (tertiary/aromatic N) is 1. The molecule has 1 aliphatic heterocycles. The zero-order chi connectivity index (χ0) is 16.3. The zero-order valence-corrected chi connectivity index (χ0v) is 13.2. The number of rotatable bonds is 5. The Kier molecular flexibility index (Phi) is 5.15. The van der Waals surface area contributed by atoms with Gasteiger partial charge >= 0.3 is 0 Å². The summed E-state index contributed by atoms with van der Waals surface area (Å²) in [6, 6.07) is 3.53. The molecule has 1 fully saturated rings. The number of nitrogens with two attached hydrogens (primary N) is 1. The zero-order valence-electron chi connectivity index (χ0n) is 12.4. The molecule has 1 aliphatic rings. The number of hydrogen-bond acceptors (Lipinski definition) is 4. The molecule has 0 radical (unpaired) electrons. The van der Waals surface area contributed by atoms with Crippen molar-refractivity contribution < 1.29 is 17.6 Å². The first-order valence-electron chi connectivity index (χ1n) is 7.07. The molecule has 1 aromatic carbocycles. The van der Waals surface area contributed by atoms with Gasteiger partial charge in [0.15, 0.2) is 0 Å². The van der Waals surface area contributed by atoms with E-state index in [0.29, 0.717) is 31.5 Å². The van der Waals surface area contributed by atoms with Crippen molar-refractivity contribution in [3.8, 4) is 0 Å². The van der Waals surface area contributed by atoms with Crippen LogP contribution in [0.2, 0.25) is 0 Å². The van der Waals surface area contributed by atoms with Crippen molar-refractivity contribution in [2.24, 2.45) is 5.73 Å². The van der Waals surface area contributed by atoms with Crippen LogP contribution >= 0.6 is 0 Å². The molecule has 3 N–H and O–H groups in total. The van der Waals surface area contributed by atoms with Gasteiger partial charge in [0.1, 0.15) is 5.82 Å². The molecule has 1 heterocycles. The molecule has 0 saturated carbocycles. The first-order chi connectivity index (χ1) is 10.3. The molecular formula is C14H20FN3O3S. The Labute approximate surface area is 129 Å². The Bertz CT molecular complexity index is 655. The number of amides is 1. The van der Waals surface area contributed by atoms with Crippen LogP contribution in [0, 0.1) is 12.7 Å². The van der Waals surface area contributed by atoms with Gasteiger partial charge in [0.25, 0.3) is 0 Å². The molecule has 0 spiro atoms. The molecule has 8 heteroatoms. The van der Waals surface area contributed by atoms with E-state index in [0.717, 1.165) is 6.07 Å². The molecule has 1 aromatic rings. The number of sulfonamides is 1. The number of likely N-dealkylation sites (tertiary alicyclic amines) is 1. The first kappa shape index (κ1) is 16.9. The number of benzene rings is 1. The van der Waals surface area contributed by atoms with Crippen molar-refractivity contribution in [1.29, 1.82) is 0 Å². The fourth-order valence-corrected chi connectivity index (χ4v) is 3.89. The van der Waals surface area contributed by atoms with Crippen molar-refractivity contribution in [1.82, 2.24) is 9.62 Å². The quantitative estimate of drug-likeness (QED) is 0.816. The highest BCUT2D eigenvalue weighted by molar-refractivity contribution is 7.89. The minimum atomic E-state index is -3.67. The van der Waals surface area contributed by atoms with Crippen LogP contribution in [0.15, 0.2) is 23.1 Å². The maximum Gasteiger partial charge on any atom is 0.240 e. The van der Waals surface area contributed by atoms with E-state index >= 15 is 0 Å². The Morgan fingerprint density at radius 2 is 2.05 bits per heavy atom. The third-order valence-corrected chi connectivity index (χ3v) is 5.25. The highest BCUT2D eigenvalue weighted by atomic mass is 32.2. The van der Waals surface area contributed by atoms with Gasteiger partial charge in [0.05, 0.1) is 11.4 Å². The maximum absolute atomic E-state index is 13.2. The number of hydrogen-bond donors (Lipinski definition) is 2. The lowest BCUT2D eigenvalue weighted by atomic mass is 10.1. The molecule has 0 unspecified atom stereocenters. The van der Waals surface area contributed by atoms with Crippen LogP contribution in [0.1, 0.15) is 18.4 Å². The monoisotopic (exact) mass is 329 g/mol. The van der Waals surface area contributed by atoms with Crippen molar-refractivity contribution in [2.75, 3.05) is 19.6 Å². The third-order valence-electron chi connectivity index (χ3n) is 3.73. The molecule has 6 nitrogen and oxygen atoms in total. The number of aryl methyl sites for hydroxylation is 1. The number of carbonyl (C=O) groups is 1. The van der Waals surface area contributed by atoms with Gasteiger partial charge in [-0.25, -0.2) is 17.5 Å². The molecule has 2 rings (SSSR count). The molecule has 1 saturated heterocycles. The minimum absolute atomic E-state index is 0.0611. The van der Waals surface area contributed by atoms with Gasteiger partial charge in [0.2, 0.25) is 15.9 Å². The van der Waals surface area contributed by atoms with E-state index < -0.39 is 15.8 Å². The normalized spacial score (nSPS) is 17.5. The van der Waals surface area contributed by atoms with E-state index in [1.54, 1.807) is 0 Å². The summed E-state index contributed by atoms with van der Waals surface area (Å²) in [5.74, 6) is -0.820. The van der Waals surface area contributed by atoms with Crippen molar-refractivity contribution >= 4 is 15.9 Å². The maximum atomic E-state index is 13.2. The molecular weight excluding hydrogens is 309 g/mol. The number of halogens is 1. The van der Waals surface area contributed by atoms with Gasteiger partial charge in [-0.3, -0.25) is 9.69 Å². The second-order valence-corrected chi connectivity index (χ2v) is 7.26. The SMILES string of the molecule is Cc1cc(S(=O)(=O)NC2CCN(CC(N)=O)CC2)ccc1F. The summed E-state index contributed by atoms with van der Waals surface area (Å²) < 4.78 is 40.5. The fraction of sp³-hybridized carbons (Fsp3) is 0.500. The topological polar surface area (TPSA) is 92.5 Å². The smallest absolute Gasteiger partial charge is 0.240 e. The number of nitrogens with one attached hydrogen (secondary N) is 1. The van der Waals surface area contributed by atoms with E-state index in [9.17, 15) is 17.6 Å². The van der Waals surface area contributed by atoms with Gasteiger partial charge < -0.3 is 5.73 Å². The van der Waals surface area contributed by atoms with Crippen LogP contribution < -0.4 is 10.5 Å². The second-order valence-electron chi connectivity index (χ2n) is 5.55. The standard InChI is InChI=1S/C14H20FN3O3S/c1-10-8-12(2-3-13(10)15)22(20,21)17-11-4-6-18(7-5-11)9-14(16)19/h2-3,8,11,17H,4-7,9H2,1H3,(H2,16,19). The Morgan fingerprint density at radius 3 is 2.59 bits per heavy atom. The third kappa shape index (κ3) is 4.25. The highest BCUT2D eigenvalue weighted by Gasteiger charge is 2.25. The van der Waals surface area contributed by atoms with Gasteiger partial charge in [-0.2, -0.15) is 0 Å². The lowest BCUT2D eigenvalue weighted by Crippen LogP contribution is -2.46. The molecule has 0 aromatic heterocycles. The Hall–Kier alpha value is -1.51. The van der Waals surface area contributed by atoms with Crippen LogP contribution in [0.4, 0.5) is 4.39 Å². The Balaban J connectivity index is 1.98. The summed E-state index contributed by atoms with van der Waals surface area (Å²) in [5.41, 5.74) is 5.43. The molecule has 1 amide bonds. The van der Waals surface area contributed by atoms with E-state index in [-0.39, 0.29) is 23.4 Å². The van der Waals surface area contributed by atoms with E-state index in [2.05, 4.69) is 4.72 Å². The van der Waals surface area contributed by atoms with Crippen LogP contribution in [0.3, 0.4) is 0 Å². The van der Waals surface area contributed by atoms with E-state index in [4.69, 9.17) is 5.73 Å². The molecule has 0 aliphatic carbocycles. The average Bonchev–Trinajstić information content (AvgIpc) is 2.43. The summed E-state index contributed by atoms with van der Waals surface area (Å²) >= 11 is 0. The van der Waals surface area contributed by atoms with Crippen molar-refractivity contribution in [3.05, 3.63) is 29.6 Å². The molecule has 22 heavy (non-hydrogen) atoms. The minimum Gasteiger partial charge on any atom is -0.369 e. The lowest BCUT2D eigenvalue weighted by Gasteiger charge is -2.31. The van der Waals surface area contributed by atoms with Gasteiger partial charge in [0, 0.05) is 19.1 Å². The number of primary amides is 1. The predicted molar refractivity (Wildman–Crippen MR) is 80.1 cm³/mol. The first-order valence-corrected chi connectivity index (χ1v) is 8.55. The number of piperidine rings is 1. The fourth-order valence-electron chi connectivity index (χ4n) is 2.50. The summed E-state index contributed by atoms with van der Waals surface area (Å²) in [6.07, 6.45) is 1.21. The van der Waals surface area contributed by atoms with Crippen LogP contribution in [0.5, 0.6) is 0 Å². The van der Waals surface area contributed by atoms with Crippen molar-refractivity contribution in [3.63, 3.8) is 0 Å². The summed E-state index contributed by atoms with van der Waals surface area (Å²) in [6.45, 7) is 2.93. The highest BCUT2D eigenvalue weighted by Crippen LogP contribution is 2.17. The lowest BCUT2D eigenvalue weighted by molar-refractivity contribution is -0.119. The largest absolute Gasteiger partial charge is 0.369 e. The molecule has 0 atom stereocenters. The summed E-state index contributed by atoms with van der Waals surface area (Å²) in [4.78, 5) is 12.8. The summed E-state index contributed by atoms with van der Waals surface area (Å²) in [5, 5.41) is 0. The van der Waals surface area contributed by atoms with Crippen LogP contribution in [-0.4, -0.2) is 44.9 Å². The Morgan fingerprint density at radius 1 is 1.41 bits per heavy atom. The average molecular weight is 329 g/mol. The van der Waals surface area contributed by atoms with Gasteiger partial charge in [-0.1, -0.05) is 0 Å². The van der Waals surface area contributed by atoms with Crippen LogP contribution in [-0.2, 0) is 14.8 Å².